The molecule has 0 spiro atoms. The van der Waals surface area contributed by atoms with Crippen LogP contribution in [0.25, 0.3) is 16.7 Å². The Morgan fingerprint density at radius 3 is 2.37 bits per heavy atom. The number of halogens is 3. The number of alkyl halides is 1. The van der Waals surface area contributed by atoms with Gasteiger partial charge in [-0.1, -0.05) is 18.2 Å². The maximum Gasteiger partial charge on any atom is 0.129 e. The predicted octanol–water partition coefficient (Wildman–Crippen LogP) is 5.29. The first-order valence-corrected chi connectivity index (χ1v) is 7.81. The van der Waals surface area contributed by atoms with Crippen LogP contribution >= 0.6 is 43.5 Å². The Bertz CT molecular complexity index is 732. The van der Waals surface area contributed by atoms with Crippen LogP contribution < -0.4 is 0 Å². The third-order valence-electron chi connectivity index (χ3n) is 2.91. The molecule has 3 rings (SSSR count). The Morgan fingerprint density at radius 2 is 1.68 bits per heavy atom. The predicted molar refractivity (Wildman–Crippen MR) is 86.0 cm³/mol. The van der Waals surface area contributed by atoms with E-state index in [0.29, 0.717) is 5.88 Å². The fraction of sp³-hybridized carbons (Fsp3) is 0.0714. The van der Waals surface area contributed by atoms with E-state index in [2.05, 4.69) is 41.4 Å². The van der Waals surface area contributed by atoms with Gasteiger partial charge in [0.05, 0.1) is 22.6 Å². The highest BCUT2D eigenvalue weighted by atomic mass is 79.9. The molecular formula is C14H9Br2ClN2. The molecule has 0 atom stereocenters. The summed E-state index contributed by atoms with van der Waals surface area (Å²) in [6.45, 7) is 0. The summed E-state index contributed by atoms with van der Waals surface area (Å²) >= 11 is 13.2. The van der Waals surface area contributed by atoms with Gasteiger partial charge in [-0.15, -0.1) is 11.6 Å². The lowest BCUT2D eigenvalue weighted by Gasteiger charge is -2.12. The SMILES string of the molecule is ClCc1nc2ccccc2n1-c1c(Br)cccc1Br. The molecule has 2 nitrogen and oxygen atoms in total. The summed E-state index contributed by atoms with van der Waals surface area (Å²) in [6.07, 6.45) is 0. The molecule has 96 valence electrons. The Morgan fingerprint density at radius 1 is 1.00 bits per heavy atom. The third-order valence-corrected chi connectivity index (χ3v) is 4.43. The molecule has 0 fully saturated rings. The molecule has 0 aliphatic rings. The summed E-state index contributed by atoms with van der Waals surface area (Å²) in [4.78, 5) is 4.58. The molecule has 19 heavy (non-hydrogen) atoms. The van der Waals surface area contributed by atoms with Gasteiger partial charge in [-0.3, -0.25) is 4.57 Å². The zero-order valence-electron chi connectivity index (χ0n) is 9.78. The van der Waals surface area contributed by atoms with E-state index >= 15 is 0 Å². The van der Waals surface area contributed by atoms with Gasteiger partial charge in [0.15, 0.2) is 0 Å². The zero-order valence-corrected chi connectivity index (χ0v) is 13.7. The van der Waals surface area contributed by atoms with E-state index in [-0.39, 0.29) is 0 Å². The molecule has 0 amide bonds. The first-order chi connectivity index (χ1) is 9.22. The van der Waals surface area contributed by atoms with Gasteiger partial charge in [0.2, 0.25) is 0 Å². The van der Waals surface area contributed by atoms with Gasteiger partial charge in [-0.05, 0) is 56.1 Å². The zero-order chi connectivity index (χ0) is 13.4. The summed E-state index contributed by atoms with van der Waals surface area (Å²) < 4.78 is 4.07. The van der Waals surface area contributed by atoms with Crippen molar-refractivity contribution >= 4 is 54.5 Å². The number of hydrogen-bond donors (Lipinski definition) is 0. The number of para-hydroxylation sites is 3. The largest absolute Gasteiger partial charge is 0.293 e. The lowest BCUT2D eigenvalue weighted by Crippen LogP contribution is -2.01. The van der Waals surface area contributed by atoms with Crippen LogP contribution in [0, 0.1) is 0 Å². The summed E-state index contributed by atoms with van der Waals surface area (Å²) in [5.41, 5.74) is 3.01. The second-order valence-corrected chi connectivity index (χ2v) is 6.03. The van der Waals surface area contributed by atoms with Gasteiger partial charge in [-0.2, -0.15) is 0 Å². The third kappa shape index (κ3) is 2.22. The maximum absolute atomic E-state index is 6.04. The average molecular weight is 401 g/mol. The van der Waals surface area contributed by atoms with E-state index in [9.17, 15) is 0 Å². The van der Waals surface area contributed by atoms with Gasteiger partial charge in [0.25, 0.3) is 0 Å². The minimum Gasteiger partial charge on any atom is -0.293 e. The number of aromatic nitrogens is 2. The number of nitrogens with zero attached hydrogens (tertiary/aromatic N) is 2. The molecule has 5 heteroatoms. The highest BCUT2D eigenvalue weighted by Gasteiger charge is 2.15. The van der Waals surface area contributed by atoms with E-state index in [1.807, 2.05) is 42.5 Å². The Kier molecular flexibility index (Phi) is 3.65. The Labute approximate surface area is 132 Å². The molecule has 1 aromatic heterocycles. The van der Waals surface area contributed by atoms with E-state index in [1.165, 1.54) is 0 Å². The lowest BCUT2D eigenvalue weighted by molar-refractivity contribution is 0.972. The van der Waals surface area contributed by atoms with Crippen molar-refractivity contribution in [3.8, 4) is 5.69 Å². The van der Waals surface area contributed by atoms with Crippen molar-refractivity contribution in [2.75, 3.05) is 0 Å². The second-order valence-electron chi connectivity index (χ2n) is 4.06. The quantitative estimate of drug-likeness (QED) is 0.535. The molecule has 0 bridgehead atoms. The van der Waals surface area contributed by atoms with Crippen LogP contribution in [0.3, 0.4) is 0 Å². The number of fused-ring (bicyclic) bond motifs is 1. The summed E-state index contributed by atoms with van der Waals surface area (Å²) in [7, 11) is 0. The fourth-order valence-corrected chi connectivity index (χ4v) is 3.65. The topological polar surface area (TPSA) is 17.8 Å². The monoisotopic (exact) mass is 398 g/mol. The first-order valence-electron chi connectivity index (χ1n) is 5.69. The van der Waals surface area contributed by atoms with E-state index < -0.39 is 0 Å². The van der Waals surface area contributed by atoms with Crippen LogP contribution in [-0.4, -0.2) is 9.55 Å². The summed E-state index contributed by atoms with van der Waals surface area (Å²) in [5.74, 6) is 1.19. The molecule has 3 aromatic rings. The molecule has 0 saturated heterocycles. The van der Waals surface area contributed by atoms with Crippen molar-refractivity contribution in [1.29, 1.82) is 0 Å². The van der Waals surface area contributed by atoms with Gasteiger partial charge >= 0.3 is 0 Å². The van der Waals surface area contributed by atoms with Gasteiger partial charge in [0.1, 0.15) is 5.82 Å². The second kappa shape index (κ2) is 5.27. The van der Waals surface area contributed by atoms with Crippen LogP contribution in [0.2, 0.25) is 0 Å². The Hall–Kier alpha value is -0.840. The average Bonchev–Trinajstić information content (AvgIpc) is 2.77. The van der Waals surface area contributed by atoms with E-state index in [4.69, 9.17) is 11.6 Å². The van der Waals surface area contributed by atoms with Gasteiger partial charge in [0, 0.05) is 8.95 Å². The molecule has 0 aliphatic heterocycles. The van der Waals surface area contributed by atoms with Crippen molar-refractivity contribution in [2.24, 2.45) is 0 Å². The molecule has 0 saturated carbocycles. The van der Waals surface area contributed by atoms with Crippen molar-refractivity contribution in [2.45, 2.75) is 5.88 Å². The Balaban J connectivity index is 2.41. The van der Waals surface area contributed by atoms with E-state index in [1.54, 1.807) is 0 Å². The molecule has 2 aromatic carbocycles. The van der Waals surface area contributed by atoms with Crippen molar-refractivity contribution in [3.63, 3.8) is 0 Å². The fourth-order valence-electron chi connectivity index (χ4n) is 2.12. The lowest BCUT2D eigenvalue weighted by atomic mass is 10.3. The van der Waals surface area contributed by atoms with Crippen LogP contribution in [0.15, 0.2) is 51.4 Å². The highest BCUT2D eigenvalue weighted by molar-refractivity contribution is 9.11. The molecule has 0 N–H and O–H groups in total. The minimum atomic E-state index is 0.364. The standard InChI is InChI=1S/C14H9Br2ClN2/c15-9-4-3-5-10(16)14(9)19-12-7-2-1-6-11(12)18-13(19)8-17/h1-7H,8H2. The molecule has 0 unspecified atom stereocenters. The number of rotatable bonds is 2. The summed E-state index contributed by atoms with van der Waals surface area (Å²) in [5, 5.41) is 0. The maximum atomic E-state index is 6.04. The van der Waals surface area contributed by atoms with Crippen molar-refractivity contribution < 1.29 is 0 Å². The van der Waals surface area contributed by atoms with Crippen LogP contribution in [0.4, 0.5) is 0 Å². The van der Waals surface area contributed by atoms with Crippen LogP contribution in [-0.2, 0) is 5.88 Å². The molecular weight excluding hydrogens is 391 g/mol. The summed E-state index contributed by atoms with van der Waals surface area (Å²) in [6, 6.07) is 14.0. The van der Waals surface area contributed by atoms with Gasteiger partial charge < -0.3 is 0 Å². The highest BCUT2D eigenvalue weighted by Crippen LogP contribution is 2.33. The number of benzene rings is 2. The molecule has 1 heterocycles. The van der Waals surface area contributed by atoms with Crippen LogP contribution in [0.1, 0.15) is 5.82 Å². The normalized spacial score (nSPS) is 11.1. The molecule has 0 aliphatic carbocycles. The van der Waals surface area contributed by atoms with Crippen molar-refractivity contribution in [3.05, 3.63) is 57.2 Å². The number of hydrogen-bond acceptors (Lipinski definition) is 1. The van der Waals surface area contributed by atoms with Gasteiger partial charge in [-0.25, -0.2) is 4.98 Å². The minimum absolute atomic E-state index is 0.364. The molecule has 0 radical (unpaired) electrons. The van der Waals surface area contributed by atoms with Crippen molar-refractivity contribution in [1.82, 2.24) is 9.55 Å². The number of imidazole rings is 1. The van der Waals surface area contributed by atoms with E-state index in [0.717, 1.165) is 31.5 Å². The first kappa shape index (κ1) is 13.2. The van der Waals surface area contributed by atoms with Crippen LogP contribution in [0.5, 0.6) is 0 Å². The smallest absolute Gasteiger partial charge is 0.129 e.